The van der Waals surface area contributed by atoms with Gasteiger partial charge in [-0.1, -0.05) is 87.5 Å². The molecule has 1 aromatic heterocycles. The van der Waals surface area contributed by atoms with Crippen LogP contribution in [-0.4, -0.2) is 26.4 Å². The third-order valence-corrected chi connectivity index (χ3v) is 6.63. The number of carbonyl (C=O) groups excluding carboxylic acids is 1. The van der Waals surface area contributed by atoms with E-state index in [1.54, 1.807) is 0 Å². The average molecular weight is 468 g/mol. The van der Waals surface area contributed by atoms with Crippen molar-refractivity contribution in [3.63, 3.8) is 0 Å². The molecule has 0 saturated heterocycles. The number of carbonyl (C=O) groups is 1. The van der Waals surface area contributed by atoms with Crippen LogP contribution in [0.25, 0.3) is 11.0 Å². The minimum absolute atomic E-state index is 0.0740. The fourth-order valence-electron chi connectivity index (χ4n) is 4.72. The van der Waals surface area contributed by atoms with Gasteiger partial charge in [-0.3, -0.25) is 4.79 Å². The Morgan fingerprint density at radius 3 is 2.14 bits per heavy atom. The van der Waals surface area contributed by atoms with E-state index in [4.69, 9.17) is 4.98 Å². The molecule has 35 heavy (non-hydrogen) atoms. The van der Waals surface area contributed by atoms with Crippen LogP contribution in [0.15, 0.2) is 78.9 Å². The van der Waals surface area contributed by atoms with Gasteiger partial charge in [-0.05, 0) is 55.0 Å². The highest BCUT2D eigenvalue weighted by molar-refractivity contribution is 5.81. The van der Waals surface area contributed by atoms with Gasteiger partial charge < -0.3 is 9.47 Å². The summed E-state index contributed by atoms with van der Waals surface area (Å²) in [6.45, 7) is 11.7. The number of hydrogen-bond acceptors (Lipinski definition) is 2. The van der Waals surface area contributed by atoms with Crippen LogP contribution in [0.5, 0.6) is 0 Å². The second-order valence-electron chi connectivity index (χ2n) is 10.2. The van der Waals surface area contributed by atoms with E-state index in [0.29, 0.717) is 12.5 Å². The highest BCUT2D eigenvalue weighted by Gasteiger charge is 2.23. The molecule has 0 saturated carbocycles. The van der Waals surface area contributed by atoms with E-state index in [9.17, 15) is 4.79 Å². The Hall–Kier alpha value is -3.40. The molecule has 4 heteroatoms. The maximum atomic E-state index is 13.6. The number of nitrogens with zero attached hydrogens (tertiary/aromatic N) is 3. The Morgan fingerprint density at radius 2 is 1.49 bits per heavy atom. The van der Waals surface area contributed by atoms with Crippen LogP contribution in [0.3, 0.4) is 0 Å². The van der Waals surface area contributed by atoms with Gasteiger partial charge in [0.1, 0.15) is 12.4 Å². The number of rotatable bonds is 9. The van der Waals surface area contributed by atoms with Crippen molar-refractivity contribution in [3.05, 3.63) is 101 Å². The van der Waals surface area contributed by atoms with Gasteiger partial charge in [0.05, 0.1) is 11.0 Å². The summed E-state index contributed by atoms with van der Waals surface area (Å²) in [5, 5.41) is 0. The van der Waals surface area contributed by atoms with Crippen molar-refractivity contribution in [3.8, 4) is 0 Å². The van der Waals surface area contributed by atoms with Crippen LogP contribution in [0.1, 0.15) is 63.1 Å². The van der Waals surface area contributed by atoms with Crippen LogP contribution in [0.2, 0.25) is 0 Å². The lowest BCUT2D eigenvalue weighted by Gasteiger charge is -2.28. The van der Waals surface area contributed by atoms with E-state index in [1.807, 2.05) is 41.3 Å². The first-order valence-electron chi connectivity index (χ1n) is 12.7. The molecular formula is C31H37N3O. The third kappa shape index (κ3) is 5.82. The Morgan fingerprint density at radius 1 is 0.829 bits per heavy atom. The summed E-state index contributed by atoms with van der Waals surface area (Å²) in [7, 11) is 0. The number of hydrogen-bond donors (Lipinski definition) is 0. The largest absolute Gasteiger partial charge is 0.334 e. The number of aromatic nitrogens is 2. The predicted molar refractivity (Wildman–Crippen MR) is 144 cm³/mol. The molecule has 1 atom stereocenters. The van der Waals surface area contributed by atoms with Gasteiger partial charge in [0.2, 0.25) is 5.91 Å². The molecular weight excluding hydrogens is 430 g/mol. The summed E-state index contributed by atoms with van der Waals surface area (Å²) in [5.74, 6) is 1.74. The number of para-hydroxylation sites is 2. The van der Waals surface area contributed by atoms with Gasteiger partial charge in [-0.25, -0.2) is 4.98 Å². The van der Waals surface area contributed by atoms with Crippen molar-refractivity contribution in [2.75, 3.05) is 0 Å². The first kappa shape index (κ1) is 24.7. The second kappa shape index (κ2) is 10.9. The lowest BCUT2D eigenvalue weighted by molar-refractivity contribution is -0.134. The van der Waals surface area contributed by atoms with E-state index in [2.05, 4.69) is 81.7 Å². The Bertz CT molecular complexity index is 1260. The normalized spacial score (nSPS) is 12.4. The third-order valence-electron chi connectivity index (χ3n) is 6.63. The molecule has 4 rings (SSSR count). The maximum Gasteiger partial charge on any atom is 0.243 e. The zero-order valence-corrected chi connectivity index (χ0v) is 21.6. The molecule has 4 nitrogen and oxygen atoms in total. The fourth-order valence-corrected chi connectivity index (χ4v) is 4.72. The monoisotopic (exact) mass is 467 g/mol. The number of amides is 1. The standard InChI is InChI=1S/C31H37N3O/c1-22(2)19-25-15-17-27(18-16-25)24(5)31-32-28-13-9-10-14-29(28)34(31)21-30(35)33(23(3)4)20-26-11-7-6-8-12-26/h6-18,22-24H,19-21H2,1-5H3. The average Bonchev–Trinajstić information content (AvgIpc) is 3.21. The fraction of sp³-hybridized carbons (Fsp3) is 0.355. The Kier molecular flexibility index (Phi) is 7.70. The summed E-state index contributed by atoms with van der Waals surface area (Å²) in [5.41, 5.74) is 5.64. The van der Waals surface area contributed by atoms with Crippen molar-refractivity contribution >= 4 is 16.9 Å². The van der Waals surface area contributed by atoms with Gasteiger partial charge in [-0.2, -0.15) is 0 Å². The van der Waals surface area contributed by atoms with E-state index in [0.717, 1.165) is 28.8 Å². The van der Waals surface area contributed by atoms with Gasteiger partial charge in [-0.15, -0.1) is 0 Å². The smallest absolute Gasteiger partial charge is 0.243 e. The minimum atomic E-state index is 0.0740. The quantitative estimate of drug-likeness (QED) is 0.271. The number of benzene rings is 3. The molecule has 0 aliphatic heterocycles. The first-order valence-corrected chi connectivity index (χ1v) is 12.7. The lowest BCUT2D eigenvalue weighted by Crippen LogP contribution is -2.38. The molecule has 3 aromatic carbocycles. The molecule has 1 unspecified atom stereocenters. The summed E-state index contributed by atoms with van der Waals surface area (Å²) < 4.78 is 2.12. The molecule has 0 spiro atoms. The molecule has 1 amide bonds. The van der Waals surface area contributed by atoms with E-state index in [-0.39, 0.29) is 24.4 Å². The highest BCUT2D eigenvalue weighted by atomic mass is 16.2. The van der Waals surface area contributed by atoms with Crippen molar-refractivity contribution in [1.82, 2.24) is 14.5 Å². The van der Waals surface area contributed by atoms with Gasteiger partial charge in [0.15, 0.2) is 0 Å². The van der Waals surface area contributed by atoms with E-state index < -0.39 is 0 Å². The van der Waals surface area contributed by atoms with Crippen LogP contribution >= 0.6 is 0 Å². The second-order valence-corrected chi connectivity index (χ2v) is 10.2. The summed E-state index contributed by atoms with van der Waals surface area (Å²) in [6.07, 6.45) is 1.08. The van der Waals surface area contributed by atoms with Crippen LogP contribution in [0, 0.1) is 5.92 Å². The lowest BCUT2D eigenvalue weighted by atomic mass is 9.96. The van der Waals surface area contributed by atoms with Crippen molar-refractivity contribution in [2.24, 2.45) is 5.92 Å². The summed E-state index contributed by atoms with van der Waals surface area (Å²) in [4.78, 5) is 20.6. The molecule has 0 bridgehead atoms. The highest BCUT2D eigenvalue weighted by Crippen LogP contribution is 2.28. The molecule has 0 N–H and O–H groups in total. The number of fused-ring (bicyclic) bond motifs is 1. The molecule has 4 aromatic rings. The van der Waals surface area contributed by atoms with Gasteiger partial charge in [0.25, 0.3) is 0 Å². The van der Waals surface area contributed by atoms with Gasteiger partial charge >= 0.3 is 0 Å². The molecule has 0 aliphatic rings. The predicted octanol–water partition coefficient (Wildman–Crippen LogP) is 6.82. The molecule has 0 aliphatic carbocycles. The SMILES string of the molecule is CC(C)Cc1ccc(C(C)c2nc3ccccc3n2CC(=O)N(Cc2ccccc2)C(C)C)cc1. The number of imidazole rings is 1. The van der Waals surface area contributed by atoms with Crippen molar-refractivity contribution in [1.29, 1.82) is 0 Å². The van der Waals surface area contributed by atoms with Crippen LogP contribution < -0.4 is 0 Å². The van der Waals surface area contributed by atoms with Gasteiger partial charge in [0, 0.05) is 18.5 Å². The zero-order chi connectivity index (χ0) is 24.9. The first-order chi connectivity index (χ1) is 16.8. The van der Waals surface area contributed by atoms with Crippen LogP contribution in [0.4, 0.5) is 0 Å². The Balaban J connectivity index is 1.65. The topological polar surface area (TPSA) is 38.1 Å². The molecule has 0 fully saturated rings. The van der Waals surface area contributed by atoms with Crippen molar-refractivity contribution < 1.29 is 4.79 Å². The Labute approximate surface area is 209 Å². The molecule has 1 heterocycles. The van der Waals surface area contributed by atoms with Crippen LogP contribution in [-0.2, 0) is 24.3 Å². The van der Waals surface area contributed by atoms with Crippen molar-refractivity contribution in [2.45, 2.75) is 66.1 Å². The van der Waals surface area contributed by atoms with E-state index >= 15 is 0 Å². The molecule has 0 radical (unpaired) electrons. The molecule has 182 valence electrons. The minimum Gasteiger partial charge on any atom is -0.334 e. The zero-order valence-electron chi connectivity index (χ0n) is 21.6. The maximum absolute atomic E-state index is 13.6. The summed E-state index contributed by atoms with van der Waals surface area (Å²) >= 11 is 0. The van der Waals surface area contributed by atoms with E-state index in [1.165, 1.54) is 11.1 Å². The summed E-state index contributed by atoms with van der Waals surface area (Å²) in [6, 6.07) is 27.3.